The maximum Gasteiger partial charge on any atom is 0.306 e. The first-order valence-electron chi connectivity index (χ1n) is 11.1. The van der Waals surface area contributed by atoms with Gasteiger partial charge in [-0.15, -0.1) is 11.3 Å². The van der Waals surface area contributed by atoms with Gasteiger partial charge >= 0.3 is 5.97 Å². The predicted octanol–water partition coefficient (Wildman–Crippen LogP) is 1.82. The van der Waals surface area contributed by atoms with E-state index < -0.39 is 0 Å². The molecule has 0 aromatic carbocycles. The first kappa shape index (κ1) is 22.0. The van der Waals surface area contributed by atoms with E-state index in [1.807, 2.05) is 11.8 Å². The summed E-state index contributed by atoms with van der Waals surface area (Å²) in [7, 11) is 1.40. The van der Waals surface area contributed by atoms with Crippen molar-refractivity contribution in [3.05, 3.63) is 27.1 Å². The van der Waals surface area contributed by atoms with Crippen LogP contribution in [0.1, 0.15) is 43.0 Å². The molecule has 1 aliphatic carbocycles. The number of methoxy groups -OCH3 is 1. The number of carbonyl (C=O) groups is 2. The molecule has 8 nitrogen and oxygen atoms in total. The van der Waals surface area contributed by atoms with Crippen molar-refractivity contribution in [2.45, 2.75) is 58.0 Å². The first-order valence-corrected chi connectivity index (χ1v) is 11.9. The lowest BCUT2D eigenvalue weighted by molar-refractivity contribution is -0.142. The Morgan fingerprint density at radius 1 is 1.19 bits per heavy atom. The molecule has 2 aromatic rings. The van der Waals surface area contributed by atoms with E-state index in [0.29, 0.717) is 26.1 Å². The van der Waals surface area contributed by atoms with Crippen LogP contribution < -0.4 is 5.56 Å². The zero-order valence-corrected chi connectivity index (χ0v) is 19.1. The second-order valence-electron chi connectivity index (χ2n) is 8.45. The van der Waals surface area contributed by atoms with Crippen LogP contribution in [0.4, 0.5) is 0 Å². The van der Waals surface area contributed by atoms with E-state index in [-0.39, 0.29) is 29.9 Å². The van der Waals surface area contributed by atoms with Crippen molar-refractivity contribution in [2.75, 3.05) is 33.3 Å². The summed E-state index contributed by atoms with van der Waals surface area (Å²) in [6.07, 6.45) is 6.53. The molecule has 0 unspecified atom stereocenters. The minimum atomic E-state index is -0.214. The van der Waals surface area contributed by atoms with Crippen molar-refractivity contribution < 1.29 is 14.3 Å². The molecule has 3 heterocycles. The number of thiophene rings is 1. The monoisotopic (exact) mass is 446 g/mol. The minimum absolute atomic E-state index is 0.0159. The number of amides is 1. The molecule has 0 radical (unpaired) electrons. The predicted molar refractivity (Wildman–Crippen MR) is 119 cm³/mol. The number of hydrogen-bond acceptors (Lipinski definition) is 7. The van der Waals surface area contributed by atoms with E-state index in [4.69, 9.17) is 4.74 Å². The average Bonchev–Trinajstić information content (AvgIpc) is 3.16. The van der Waals surface area contributed by atoms with Crippen LogP contribution in [-0.4, -0.2) is 70.6 Å². The summed E-state index contributed by atoms with van der Waals surface area (Å²) in [5.41, 5.74) is 1.17. The number of piperazine rings is 1. The molecule has 1 aliphatic heterocycles. The highest BCUT2D eigenvalue weighted by atomic mass is 32.1. The second kappa shape index (κ2) is 9.48. The van der Waals surface area contributed by atoms with Gasteiger partial charge in [-0.2, -0.15) is 0 Å². The molecule has 1 fully saturated rings. The number of ether oxygens (including phenoxy) is 1. The van der Waals surface area contributed by atoms with Crippen LogP contribution in [0.2, 0.25) is 0 Å². The molecule has 0 saturated carbocycles. The van der Waals surface area contributed by atoms with Gasteiger partial charge in [-0.05, 0) is 38.2 Å². The van der Waals surface area contributed by atoms with E-state index in [1.54, 1.807) is 22.2 Å². The lowest BCUT2D eigenvalue weighted by Crippen LogP contribution is -2.54. The Morgan fingerprint density at radius 3 is 2.77 bits per heavy atom. The smallest absolute Gasteiger partial charge is 0.306 e. The van der Waals surface area contributed by atoms with Gasteiger partial charge in [-0.1, -0.05) is 0 Å². The number of nitrogens with zero attached hydrogens (tertiary/aromatic N) is 4. The topological polar surface area (TPSA) is 84.7 Å². The van der Waals surface area contributed by atoms with Gasteiger partial charge < -0.3 is 9.64 Å². The normalized spacial score (nSPS) is 19.4. The highest BCUT2D eigenvalue weighted by Gasteiger charge is 2.27. The maximum absolute atomic E-state index is 13.1. The maximum atomic E-state index is 13.1. The van der Waals surface area contributed by atoms with E-state index in [9.17, 15) is 14.4 Å². The fraction of sp³-hybridized carbons (Fsp3) is 0.636. The van der Waals surface area contributed by atoms with Gasteiger partial charge in [0.2, 0.25) is 5.91 Å². The van der Waals surface area contributed by atoms with Crippen molar-refractivity contribution in [1.82, 2.24) is 19.4 Å². The molecular formula is C22H30N4O4S. The largest absolute Gasteiger partial charge is 0.469 e. The van der Waals surface area contributed by atoms with Crippen LogP contribution in [0.5, 0.6) is 0 Å². The lowest BCUT2D eigenvalue weighted by atomic mass is 9.97. The summed E-state index contributed by atoms with van der Waals surface area (Å²) in [5, 5.41) is 0.766. The fourth-order valence-corrected chi connectivity index (χ4v) is 5.88. The van der Waals surface area contributed by atoms with E-state index >= 15 is 0 Å². The zero-order chi connectivity index (χ0) is 22.0. The molecule has 168 valence electrons. The summed E-state index contributed by atoms with van der Waals surface area (Å²) in [6, 6.07) is 0.0696. The number of esters is 1. The van der Waals surface area contributed by atoms with Crippen molar-refractivity contribution in [1.29, 1.82) is 0 Å². The molecular weight excluding hydrogens is 416 g/mol. The number of hydrogen-bond donors (Lipinski definition) is 0. The van der Waals surface area contributed by atoms with Crippen LogP contribution in [-0.2, 0) is 33.7 Å². The third-order valence-corrected chi connectivity index (χ3v) is 7.60. The average molecular weight is 447 g/mol. The van der Waals surface area contributed by atoms with Crippen molar-refractivity contribution in [2.24, 2.45) is 0 Å². The molecule has 1 saturated heterocycles. The number of rotatable bonds is 6. The van der Waals surface area contributed by atoms with Gasteiger partial charge in [0.1, 0.15) is 4.83 Å². The summed E-state index contributed by atoms with van der Waals surface area (Å²) < 4.78 is 6.30. The first-order chi connectivity index (χ1) is 15.0. The SMILES string of the molecule is COC(=O)CCN1CCN(C(=O)CCn2cnc3sc4c(c3c2=O)CCCC4)[C@H](C)C1. The quantitative estimate of drug-likeness (QED) is 0.630. The fourth-order valence-electron chi connectivity index (χ4n) is 4.66. The van der Waals surface area contributed by atoms with Crippen LogP contribution >= 0.6 is 11.3 Å². The van der Waals surface area contributed by atoms with E-state index in [0.717, 1.165) is 42.6 Å². The van der Waals surface area contributed by atoms with Crippen molar-refractivity contribution >= 4 is 33.4 Å². The molecule has 1 atom stereocenters. The van der Waals surface area contributed by atoms with Gasteiger partial charge in [-0.25, -0.2) is 4.98 Å². The number of aromatic nitrogens is 2. The van der Waals surface area contributed by atoms with Crippen LogP contribution in [0, 0.1) is 0 Å². The Hall–Kier alpha value is -2.26. The highest BCUT2D eigenvalue weighted by Crippen LogP contribution is 2.33. The van der Waals surface area contributed by atoms with Gasteiger partial charge in [-0.3, -0.25) is 23.9 Å². The summed E-state index contributed by atoms with van der Waals surface area (Å²) >= 11 is 1.64. The number of fused-ring (bicyclic) bond motifs is 3. The Balaban J connectivity index is 1.37. The Bertz CT molecular complexity index is 1030. The molecule has 0 spiro atoms. The second-order valence-corrected chi connectivity index (χ2v) is 9.53. The summed E-state index contributed by atoms with van der Waals surface area (Å²) in [6.45, 7) is 5.12. The number of carbonyl (C=O) groups excluding carboxylic acids is 2. The highest BCUT2D eigenvalue weighted by molar-refractivity contribution is 7.18. The molecule has 2 aliphatic rings. The third kappa shape index (κ3) is 4.67. The van der Waals surface area contributed by atoms with Crippen LogP contribution in [0.15, 0.2) is 11.1 Å². The van der Waals surface area contributed by atoms with Gasteiger partial charge in [0.05, 0.1) is 25.2 Å². The molecule has 2 aromatic heterocycles. The molecule has 31 heavy (non-hydrogen) atoms. The minimum Gasteiger partial charge on any atom is -0.469 e. The van der Waals surface area contributed by atoms with Crippen LogP contribution in [0.3, 0.4) is 0 Å². The Kier molecular flexibility index (Phi) is 6.71. The van der Waals surface area contributed by atoms with Crippen molar-refractivity contribution in [3.8, 4) is 0 Å². The van der Waals surface area contributed by atoms with Gasteiger partial charge in [0, 0.05) is 50.1 Å². The molecule has 0 N–H and O–H groups in total. The van der Waals surface area contributed by atoms with Crippen molar-refractivity contribution in [3.63, 3.8) is 0 Å². The van der Waals surface area contributed by atoms with E-state index in [1.165, 1.54) is 24.0 Å². The van der Waals surface area contributed by atoms with Gasteiger partial charge in [0.25, 0.3) is 5.56 Å². The standard InChI is InChI=1S/C22H30N4O4S/c1-15-13-24(9-8-19(28)30-2)11-12-26(15)18(27)7-10-25-14-23-21-20(22(25)29)16-5-3-4-6-17(16)31-21/h14-15H,3-13H2,1-2H3/t15-/m1/s1. The van der Waals surface area contributed by atoms with Crippen LogP contribution in [0.25, 0.3) is 10.2 Å². The van der Waals surface area contributed by atoms with E-state index in [2.05, 4.69) is 9.88 Å². The molecule has 9 heteroatoms. The Morgan fingerprint density at radius 2 is 2.00 bits per heavy atom. The number of aryl methyl sites for hydroxylation is 3. The third-order valence-electron chi connectivity index (χ3n) is 6.40. The summed E-state index contributed by atoms with van der Waals surface area (Å²) in [4.78, 5) is 48.0. The molecule has 4 rings (SSSR count). The molecule has 1 amide bonds. The Labute approximate surface area is 185 Å². The summed E-state index contributed by atoms with van der Waals surface area (Å²) in [5.74, 6) is -0.159. The lowest BCUT2D eigenvalue weighted by Gasteiger charge is -2.40. The van der Waals surface area contributed by atoms with Gasteiger partial charge in [0.15, 0.2) is 0 Å². The zero-order valence-electron chi connectivity index (χ0n) is 18.3. The molecule has 0 bridgehead atoms.